The highest BCUT2D eigenvalue weighted by Crippen LogP contribution is 2.40. The Kier molecular flexibility index (Phi) is 8.10. The van der Waals surface area contributed by atoms with E-state index in [-0.39, 0.29) is 16.8 Å². The van der Waals surface area contributed by atoms with Crippen molar-refractivity contribution in [1.82, 2.24) is 24.6 Å². The Morgan fingerprint density at radius 3 is 2.55 bits per heavy atom. The summed E-state index contributed by atoms with van der Waals surface area (Å²) in [5.74, 6) is -0.195. The third-order valence-electron chi connectivity index (χ3n) is 4.38. The van der Waals surface area contributed by atoms with Gasteiger partial charge in [-0.1, -0.05) is 30.9 Å². The maximum Gasteiger partial charge on any atom is 0.229 e. The Morgan fingerprint density at radius 2 is 1.94 bits per heavy atom. The summed E-state index contributed by atoms with van der Waals surface area (Å²) in [5, 5.41) is 13.0. The van der Waals surface area contributed by atoms with E-state index in [1.165, 1.54) is 25.5 Å². The lowest BCUT2D eigenvalue weighted by Gasteiger charge is -2.15. The minimum absolute atomic E-state index is 0.0112. The van der Waals surface area contributed by atoms with Gasteiger partial charge in [-0.25, -0.2) is 18.2 Å². The van der Waals surface area contributed by atoms with Crippen LogP contribution in [0.25, 0.3) is 27.8 Å². The molecule has 1 aliphatic rings. The molecule has 0 unspecified atom stereocenters. The van der Waals surface area contributed by atoms with Crippen molar-refractivity contribution in [3.8, 4) is 11.3 Å². The van der Waals surface area contributed by atoms with E-state index >= 15 is 0 Å². The summed E-state index contributed by atoms with van der Waals surface area (Å²) in [6.07, 6.45) is 11.4. The van der Waals surface area contributed by atoms with Crippen molar-refractivity contribution in [1.29, 1.82) is 0 Å². The second kappa shape index (κ2) is 11.0. The van der Waals surface area contributed by atoms with Gasteiger partial charge in [0.2, 0.25) is 13.3 Å². The maximum absolute atomic E-state index is 15.0. The second-order valence-corrected chi connectivity index (χ2v) is 7.80. The van der Waals surface area contributed by atoms with E-state index in [2.05, 4.69) is 30.8 Å². The maximum atomic E-state index is 15.0. The normalized spacial score (nSPS) is 12.1. The second-order valence-electron chi connectivity index (χ2n) is 7.42. The first-order chi connectivity index (χ1) is 15.9. The van der Waals surface area contributed by atoms with Crippen molar-refractivity contribution in [2.24, 2.45) is 0 Å². The van der Waals surface area contributed by atoms with Gasteiger partial charge in [-0.15, -0.1) is 0 Å². The van der Waals surface area contributed by atoms with Crippen LogP contribution in [0, 0.1) is 5.82 Å². The Morgan fingerprint density at radius 1 is 1.24 bits per heavy atom. The van der Waals surface area contributed by atoms with Crippen LogP contribution in [-0.2, 0) is 4.79 Å². The number of carbonyl (C=O) groups excluding carboxylic acids is 1. The summed E-state index contributed by atoms with van der Waals surface area (Å²) in [5.41, 5.74) is 2.18. The van der Waals surface area contributed by atoms with Gasteiger partial charge >= 0.3 is 0 Å². The molecule has 1 amide bonds. The fraction of sp³-hybridized carbons (Fsp3) is 0.333. The Bertz CT molecular complexity index is 1240. The van der Waals surface area contributed by atoms with Gasteiger partial charge in [0.15, 0.2) is 17.3 Å². The van der Waals surface area contributed by atoms with E-state index in [0.29, 0.717) is 40.0 Å². The lowest BCUT2D eigenvalue weighted by molar-refractivity contribution is -0.105. The lowest BCUT2D eigenvalue weighted by atomic mass is 10.1. The summed E-state index contributed by atoms with van der Waals surface area (Å²) in [7, 11) is 0. The van der Waals surface area contributed by atoms with E-state index in [0.717, 1.165) is 0 Å². The van der Waals surface area contributed by atoms with Crippen LogP contribution in [0.1, 0.15) is 33.1 Å². The number of halogens is 4. The van der Waals surface area contributed by atoms with Gasteiger partial charge < -0.3 is 15.0 Å². The number of imidazole rings is 1. The van der Waals surface area contributed by atoms with Crippen LogP contribution in [0.2, 0.25) is 5.02 Å². The van der Waals surface area contributed by atoms with Crippen molar-refractivity contribution in [3.63, 3.8) is 0 Å². The largest absolute Gasteiger partial charge is 0.379 e. The van der Waals surface area contributed by atoms with E-state index in [4.69, 9.17) is 11.6 Å². The lowest BCUT2D eigenvalue weighted by Crippen LogP contribution is -2.12. The predicted octanol–water partition coefficient (Wildman–Crippen LogP) is 5.51. The molecule has 1 saturated carbocycles. The quantitative estimate of drug-likeness (QED) is 0.326. The number of aromatic amines is 1. The van der Waals surface area contributed by atoms with Crippen LogP contribution in [0.3, 0.4) is 0 Å². The third kappa shape index (κ3) is 5.72. The molecule has 0 aliphatic heterocycles. The molecule has 0 bridgehead atoms. The van der Waals surface area contributed by atoms with Crippen LogP contribution < -0.4 is 10.6 Å². The zero-order chi connectivity index (χ0) is 24.0. The number of nitrogens with zero attached hydrogens (tertiary/aromatic N) is 4. The molecule has 176 valence electrons. The van der Waals surface area contributed by atoms with Gasteiger partial charge in [-0.05, 0) is 13.8 Å². The molecule has 3 heterocycles. The SMILES string of the molecule is C1CC1.CC(C)Nc1c(F)c(Cl)c(-c2cn3cc(NC=O)nc3cn2)c2cn[nH]c12.FCF. The van der Waals surface area contributed by atoms with Gasteiger partial charge in [0.05, 0.1) is 40.5 Å². The van der Waals surface area contributed by atoms with Crippen LogP contribution in [0.4, 0.5) is 24.7 Å². The smallest absolute Gasteiger partial charge is 0.229 e. The molecule has 0 radical (unpaired) electrons. The monoisotopic (exact) mass is 481 g/mol. The topological polar surface area (TPSA) is 100 Å². The Hall–Kier alpha value is -3.34. The number of hydrogen-bond acceptors (Lipinski definition) is 5. The molecule has 0 atom stereocenters. The standard InChI is InChI=1S/C17H15ClFN7O.C3H6.CH2F2/c1-8(2)23-17-15(19)14(18)13(9-3-22-25-16(9)17)10-5-26-6-11(21-7-27)24-12(26)4-20-10;1-2-3-1;2-1-3/h3-8,23H,1-2H3,(H,21,27)(H,22,25);1-3H2;1H2. The number of benzene rings is 1. The first-order valence-corrected chi connectivity index (χ1v) is 10.6. The third-order valence-corrected chi connectivity index (χ3v) is 4.74. The van der Waals surface area contributed by atoms with Crippen LogP contribution >= 0.6 is 11.6 Å². The Labute approximate surface area is 192 Å². The van der Waals surface area contributed by atoms with Crippen molar-refractivity contribution in [3.05, 3.63) is 35.6 Å². The number of amides is 1. The molecule has 1 aromatic carbocycles. The average Bonchev–Trinajstić information content (AvgIpc) is 3.49. The Balaban J connectivity index is 0.000000452. The van der Waals surface area contributed by atoms with Crippen LogP contribution in [0.5, 0.6) is 0 Å². The summed E-state index contributed by atoms with van der Waals surface area (Å²) >= 11 is 6.38. The predicted molar refractivity (Wildman–Crippen MR) is 122 cm³/mol. The average molecular weight is 482 g/mol. The van der Waals surface area contributed by atoms with Crippen molar-refractivity contribution >= 4 is 46.1 Å². The number of rotatable bonds is 5. The zero-order valence-corrected chi connectivity index (χ0v) is 18.8. The van der Waals surface area contributed by atoms with Crippen LogP contribution in [0.15, 0.2) is 24.8 Å². The highest BCUT2D eigenvalue weighted by Gasteiger charge is 2.22. The van der Waals surface area contributed by atoms with Gasteiger partial charge in [0.1, 0.15) is 0 Å². The first-order valence-electron chi connectivity index (χ1n) is 10.2. The molecule has 12 heteroatoms. The molecule has 1 aliphatic carbocycles. The molecule has 3 N–H and O–H groups in total. The molecule has 0 spiro atoms. The summed E-state index contributed by atoms with van der Waals surface area (Å²) in [6.45, 7) is 2.06. The molecule has 4 aromatic rings. The molecule has 0 saturated heterocycles. The van der Waals surface area contributed by atoms with Crippen LogP contribution in [-0.4, -0.2) is 43.9 Å². The molecule has 8 nitrogen and oxygen atoms in total. The number of aromatic nitrogens is 5. The number of H-pyrrole nitrogens is 1. The highest BCUT2D eigenvalue weighted by molar-refractivity contribution is 6.35. The zero-order valence-electron chi connectivity index (χ0n) is 18.0. The fourth-order valence-electron chi connectivity index (χ4n) is 2.95. The summed E-state index contributed by atoms with van der Waals surface area (Å²) in [4.78, 5) is 19.2. The van der Waals surface area contributed by atoms with Crippen molar-refractivity contribution in [2.45, 2.75) is 39.2 Å². The summed E-state index contributed by atoms with van der Waals surface area (Å²) in [6, 6.07) is 0.0112. The summed E-state index contributed by atoms with van der Waals surface area (Å²) < 4.78 is 35.9. The van der Waals surface area contributed by atoms with Gasteiger partial charge in [-0.2, -0.15) is 5.10 Å². The molecular weight excluding hydrogens is 459 g/mol. The number of fused-ring (bicyclic) bond motifs is 2. The molecule has 3 aromatic heterocycles. The van der Waals surface area contributed by atoms with E-state index < -0.39 is 12.7 Å². The molecular formula is C21H23ClF3N7O. The van der Waals surface area contributed by atoms with E-state index in [9.17, 15) is 18.0 Å². The first kappa shape index (κ1) is 24.3. The number of alkyl halides is 2. The fourth-order valence-corrected chi connectivity index (χ4v) is 3.24. The van der Waals surface area contributed by atoms with Gasteiger partial charge in [-0.3, -0.25) is 14.9 Å². The number of anilines is 2. The number of carbonyl (C=O) groups is 1. The molecule has 1 fully saturated rings. The molecule has 33 heavy (non-hydrogen) atoms. The molecule has 5 rings (SSSR count). The minimum atomic E-state index is -1.75. The van der Waals surface area contributed by atoms with Crippen molar-refractivity contribution < 1.29 is 18.0 Å². The number of nitrogens with one attached hydrogen (secondary N) is 3. The van der Waals surface area contributed by atoms with E-state index in [1.807, 2.05) is 13.8 Å². The number of hydrogen-bond donors (Lipinski definition) is 3. The van der Waals surface area contributed by atoms with Gasteiger partial charge in [0, 0.05) is 23.2 Å². The van der Waals surface area contributed by atoms with E-state index in [1.54, 1.807) is 23.0 Å². The van der Waals surface area contributed by atoms with Crippen molar-refractivity contribution in [2.75, 3.05) is 17.6 Å². The highest BCUT2D eigenvalue weighted by atomic mass is 35.5. The minimum Gasteiger partial charge on any atom is -0.379 e. The van der Waals surface area contributed by atoms with Gasteiger partial charge in [0.25, 0.3) is 0 Å².